The zero-order valence-corrected chi connectivity index (χ0v) is 12.4. The third kappa shape index (κ3) is 4.78. The van der Waals surface area contributed by atoms with Gasteiger partial charge in [0.1, 0.15) is 0 Å². The molecule has 0 bridgehead atoms. The summed E-state index contributed by atoms with van der Waals surface area (Å²) in [6.07, 6.45) is 1.98. The largest absolute Gasteiger partial charge is 0.383 e. The average Bonchev–Trinajstić information content (AvgIpc) is 2.66. The number of ether oxygens (including phenoxy) is 1. The van der Waals surface area contributed by atoms with Crippen LogP contribution in [0.25, 0.3) is 0 Å². The van der Waals surface area contributed by atoms with Crippen molar-refractivity contribution in [2.45, 2.75) is 33.4 Å². The Labute approximate surface area is 111 Å². The number of aryl methyl sites for hydroxylation is 2. The van der Waals surface area contributed by atoms with E-state index in [1.165, 1.54) is 0 Å². The molecule has 0 saturated carbocycles. The standard InChI is InChI=1S/C12H23N3O2S/c1-5-18(16)7-6-15-8-10(2)13-12(15)14-11(3)9-17-4/h8,11H,5-7,9H2,1-4H3,(H,13,14). The molecule has 18 heavy (non-hydrogen) atoms. The molecular formula is C12H23N3O2S. The molecule has 0 aliphatic rings. The van der Waals surface area contributed by atoms with Crippen LogP contribution in [-0.2, 0) is 22.1 Å². The van der Waals surface area contributed by atoms with E-state index in [1.54, 1.807) is 7.11 Å². The minimum Gasteiger partial charge on any atom is -0.383 e. The van der Waals surface area contributed by atoms with Gasteiger partial charge in [0.15, 0.2) is 0 Å². The van der Waals surface area contributed by atoms with Gasteiger partial charge in [-0.2, -0.15) is 0 Å². The van der Waals surface area contributed by atoms with Gasteiger partial charge in [0, 0.05) is 48.2 Å². The van der Waals surface area contributed by atoms with Gasteiger partial charge in [-0.3, -0.25) is 4.21 Å². The van der Waals surface area contributed by atoms with Crippen LogP contribution in [0.5, 0.6) is 0 Å². The Morgan fingerprint density at radius 1 is 1.61 bits per heavy atom. The monoisotopic (exact) mass is 273 g/mol. The number of hydrogen-bond donors (Lipinski definition) is 1. The van der Waals surface area contributed by atoms with Crippen molar-refractivity contribution in [2.24, 2.45) is 0 Å². The molecule has 1 heterocycles. The van der Waals surface area contributed by atoms with E-state index in [-0.39, 0.29) is 6.04 Å². The first-order chi connectivity index (χ1) is 8.56. The Bertz CT molecular complexity index is 393. The first kappa shape index (κ1) is 15.2. The number of aromatic nitrogens is 2. The van der Waals surface area contributed by atoms with Gasteiger partial charge in [0.05, 0.1) is 12.3 Å². The van der Waals surface area contributed by atoms with Crippen molar-refractivity contribution < 1.29 is 8.95 Å². The van der Waals surface area contributed by atoms with Crippen LogP contribution in [0.4, 0.5) is 5.95 Å². The first-order valence-electron chi connectivity index (χ1n) is 6.21. The van der Waals surface area contributed by atoms with Crippen molar-refractivity contribution in [1.29, 1.82) is 0 Å². The smallest absolute Gasteiger partial charge is 0.203 e. The van der Waals surface area contributed by atoms with Crippen LogP contribution in [0.15, 0.2) is 6.20 Å². The molecule has 0 fully saturated rings. The fourth-order valence-corrected chi connectivity index (χ4v) is 2.38. The second-order valence-electron chi connectivity index (χ2n) is 4.33. The molecule has 104 valence electrons. The average molecular weight is 273 g/mol. The molecule has 2 unspecified atom stereocenters. The maximum Gasteiger partial charge on any atom is 0.203 e. The number of nitrogens with one attached hydrogen (secondary N) is 1. The second-order valence-corrected chi connectivity index (χ2v) is 6.20. The number of anilines is 1. The lowest BCUT2D eigenvalue weighted by molar-refractivity contribution is 0.190. The molecule has 1 N–H and O–H groups in total. The van der Waals surface area contributed by atoms with Gasteiger partial charge in [-0.05, 0) is 13.8 Å². The molecule has 0 aromatic carbocycles. The van der Waals surface area contributed by atoms with Gasteiger partial charge in [-0.25, -0.2) is 4.98 Å². The van der Waals surface area contributed by atoms with E-state index in [2.05, 4.69) is 10.3 Å². The van der Waals surface area contributed by atoms with E-state index in [0.717, 1.165) is 18.2 Å². The molecule has 1 aromatic rings. The van der Waals surface area contributed by atoms with Crippen LogP contribution < -0.4 is 5.32 Å². The summed E-state index contributed by atoms with van der Waals surface area (Å²) >= 11 is 0. The predicted molar refractivity (Wildman–Crippen MR) is 75.5 cm³/mol. The number of rotatable bonds is 8. The molecule has 0 spiro atoms. The van der Waals surface area contributed by atoms with Gasteiger partial charge in [0.25, 0.3) is 0 Å². The highest BCUT2D eigenvalue weighted by atomic mass is 32.2. The lowest BCUT2D eigenvalue weighted by atomic mass is 10.4. The van der Waals surface area contributed by atoms with Crippen LogP contribution in [0.1, 0.15) is 19.5 Å². The summed E-state index contributed by atoms with van der Waals surface area (Å²) in [6.45, 7) is 7.30. The summed E-state index contributed by atoms with van der Waals surface area (Å²) in [5.41, 5.74) is 0.962. The Morgan fingerprint density at radius 3 is 2.94 bits per heavy atom. The van der Waals surface area contributed by atoms with Gasteiger partial charge in [0.2, 0.25) is 5.95 Å². The van der Waals surface area contributed by atoms with Crippen LogP contribution in [-0.4, -0.2) is 45.0 Å². The summed E-state index contributed by atoms with van der Waals surface area (Å²) in [6, 6.07) is 0.201. The maximum atomic E-state index is 11.5. The Balaban J connectivity index is 2.64. The molecule has 1 aromatic heterocycles. The molecule has 0 saturated heterocycles. The summed E-state index contributed by atoms with van der Waals surface area (Å²) in [5.74, 6) is 2.20. The molecule has 0 aliphatic heterocycles. The molecule has 6 heteroatoms. The summed E-state index contributed by atoms with van der Waals surface area (Å²) < 4.78 is 18.6. The fraction of sp³-hybridized carbons (Fsp3) is 0.750. The zero-order valence-electron chi connectivity index (χ0n) is 11.6. The third-order valence-corrected chi connectivity index (χ3v) is 3.85. The quantitative estimate of drug-likeness (QED) is 0.778. The third-order valence-electron chi connectivity index (χ3n) is 2.57. The van der Waals surface area contributed by atoms with E-state index >= 15 is 0 Å². The Kier molecular flexibility index (Phi) is 6.35. The van der Waals surface area contributed by atoms with E-state index in [0.29, 0.717) is 18.1 Å². The lowest BCUT2D eigenvalue weighted by Gasteiger charge is -2.14. The zero-order chi connectivity index (χ0) is 13.5. The van der Waals surface area contributed by atoms with Crippen molar-refractivity contribution in [3.05, 3.63) is 11.9 Å². The Morgan fingerprint density at radius 2 is 2.33 bits per heavy atom. The van der Waals surface area contributed by atoms with Crippen LogP contribution in [0, 0.1) is 6.92 Å². The van der Waals surface area contributed by atoms with Crippen molar-refractivity contribution in [3.63, 3.8) is 0 Å². The van der Waals surface area contributed by atoms with E-state index in [1.807, 2.05) is 31.5 Å². The SMILES string of the molecule is CCS(=O)CCn1cc(C)nc1NC(C)COC. The topological polar surface area (TPSA) is 56.2 Å². The van der Waals surface area contributed by atoms with Crippen LogP contribution in [0.3, 0.4) is 0 Å². The van der Waals surface area contributed by atoms with Crippen molar-refractivity contribution in [1.82, 2.24) is 9.55 Å². The molecule has 0 radical (unpaired) electrons. The maximum absolute atomic E-state index is 11.5. The normalized spacial score (nSPS) is 14.4. The Hall–Kier alpha value is -0.880. The van der Waals surface area contributed by atoms with E-state index in [4.69, 9.17) is 4.74 Å². The number of nitrogens with zero attached hydrogens (tertiary/aromatic N) is 2. The fourth-order valence-electron chi connectivity index (χ4n) is 1.69. The van der Waals surface area contributed by atoms with Crippen molar-refractivity contribution in [2.75, 3.05) is 30.5 Å². The lowest BCUT2D eigenvalue weighted by Crippen LogP contribution is -2.23. The number of methoxy groups -OCH3 is 1. The van der Waals surface area contributed by atoms with Crippen LogP contribution >= 0.6 is 0 Å². The van der Waals surface area contributed by atoms with Gasteiger partial charge in [-0.15, -0.1) is 0 Å². The van der Waals surface area contributed by atoms with Gasteiger partial charge >= 0.3 is 0 Å². The minimum atomic E-state index is -0.744. The van der Waals surface area contributed by atoms with Crippen LogP contribution in [0.2, 0.25) is 0 Å². The molecule has 1 rings (SSSR count). The van der Waals surface area contributed by atoms with E-state index in [9.17, 15) is 4.21 Å². The highest BCUT2D eigenvalue weighted by Crippen LogP contribution is 2.10. The van der Waals surface area contributed by atoms with E-state index < -0.39 is 10.8 Å². The minimum absolute atomic E-state index is 0.201. The van der Waals surface area contributed by atoms with Crippen molar-refractivity contribution in [3.8, 4) is 0 Å². The molecular weight excluding hydrogens is 250 g/mol. The van der Waals surface area contributed by atoms with Crippen molar-refractivity contribution >= 4 is 16.7 Å². The molecule has 5 nitrogen and oxygen atoms in total. The molecule has 2 atom stereocenters. The molecule has 0 amide bonds. The summed E-state index contributed by atoms with van der Waals surface area (Å²) in [7, 11) is 0.937. The number of imidazole rings is 1. The second kappa shape index (κ2) is 7.53. The molecule has 0 aliphatic carbocycles. The highest BCUT2D eigenvalue weighted by Gasteiger charge is 2.09. The van der Waals surface area contributed by atoms with Gasteiger partial charge < -0.3 is 14.6 Å². The summed E-state index contributed by atoms with van der Waals surface area (Å²) in [5, 5.41) is 3.30. The van der Waals surface area contributed by atoms with Gasteiger partial charge in [-0.1, -0.05) is 6.92 Å². The summed E-state index contributed by atoms with van der Waals surface area (Å²) in [4.78, 5) is 4.43. The highest BCUT2D eigenvalue weighted by molar-refractivity contribution is 7.84. The predicted octanol–water partition coefficient (Wildman–Crippen LogP) is 1.41. The number of hydrogen-bond acceptors (Lipinski definition) is 4. The first-order valence-corrected chi connectivity index (χ1v) is 7.69.